The largest absolute Gasteiger partial charge is 0.330 e. The van der Waals surface area contributed by atoms with Gasteiger partial charge in [0.05, 0.1) is 0 Å². The van der Waals surface area contributed by atoms with Crippen molar-refractivity contribution < 1.29 is 0 Å². The smallest absolute Gasteiger partial charge is 0.106 e. The molecule has 0 saturated carbocycles. The number of pyridine rings is 1. The van der Waals surface area contributed by atoms with E-state index >= 15 is 0 Å². The molecule has 0 aromatic carbocycles. The molecule has 0 unspecified atom stereocenters. The maximum Gasteiger partial charge on any atom is 0.106 e. The van der Waals surface area contributed by atoms with Gasteiger partial charge in [0.2, 0.25) is 0 Å². The van der Waals surface area contributed by atoms with Crippen molar-refractivity contribution >= 4 is 15.9 Å². The average molecular weight is 201 g/mol. The molecular weight excluding hydrogens is 192 g/mol. The van der Waals surface area contributed by atoms with E-state index in [1.165, 1.54) is 0 Å². The summed E-state index contributed by atoms with van der Waals surface area (Å²) in [5.74, 6) is 0. The third-order valence-electron chi connectivity index (χ3n) is 1.17. The zero-order chi connectivity index (χ0) is 7.40. The van der Waals surface area contributed by atoms with Crippen LogP contribution in [0.1, 0.15) is 5.69 Å². The van der Waals surface area contributed by atoms with Crippen LogP contribution in [-0.2, 0) is 6.42 Å². The Bertz CT molecular complexity index is 213. The van der Waals surface area contributed by atoms with Gasteiger partial charge < -0.3 is 5.73 Å². The highest BCUT2D eigenvalue weighted by atomic mass is 79.9. The predicted octanol–water partition coefficient (Wildman–Crippen LogP) is 1.35. The minimum absolute atomic E-state index is 0.656. The molecule has 1 rings (SSSR count). The molecular formula is C7H9BrN2. The molecule has 0 aliphatic carbocycles. The molecule has 0 saturated heterocycles. The Morgan fingerprint density at radius 3 is 2.90 bits per heavy atom. The standard InChI is InChI=1S/C7H9BrN2/c8-7-3-1-2-6(10-7)4-5-9/h1-3H,4-5,9H2. The van der Waals surface area contributed by atoms with Gasteiger partial charge in [-0.05, 0) is 34.6 Å². The Morgan fingerprint density at radius 2 is 2.30 bits per heavy atom. The molecule has 0 aliphatic rings. The molecule has 1 heterocycles. The van der Waals surface area contributed by atoms with E-state index in [1.54, 1.807) is 0 Å². The predicted molar refractivity (Wildman–Crippen MR) is 44.7 cm³/mol. The molecule has 1 aromatic rings. The molecule has 3 heteroatoms. The van der Waals surface area contributed by atoms with Crippen molar-refractivity contribution in [3.63, 3.8) is 0 Å². The van der Waals surface area contributed by atoms with Crippen LogP contribution in [0.5, 0.6) is 0 Å². The average Bonchev–Trinajstić information content (AvgIpc) is 1.88. The van der Waals surface area contributed by atoms with Crippen LogP contribution in [0, 0.1) is 0 Å². The molecule has 54 valence electrons. The summed E-state index contributed by atoms with van der Waals surface area (Å²) < 4.78 is 0.874. The van der Waals surface area contributed by atoms with Gasteiger partial charge in [0.15, 0.2) is 0 Å². The molecule has 2 N–H and O–H groups in total. The number of hydrogen-bond donors (Lipinski definition) is 1. The summed E-state index contributed by atoms with van der Waals surface area (Å²) in [5, 5.41) is 0. The topological polar surface area (TPSA) is 38.9 Å². The molecule has 0 spiro atoms. The van der Waals surface area contributed by atoms with E-state index in [0.717, 1.165) is 16.7 Å². The quantitative estimate of drug-likeness (QED) is 0.733. The molecule has 0 aliphatic heterocycles. The van der Waals surface area contributed by atoms with Crippen molar-refractivity contribution in [3.8, 4) is 0 Å². The van der Waals surface area contributed by atoms with Gasteiger partial charge in [-0.1, -0.05) is 6.07 Å². The maximum absolute atomic E-state index is 5.36. The van der Waals surface area contributed by atoms with Crippen molar-refractivity contribution in [1.82, 2.24) is 4.98 Å². The Kier molecular flexibility index (Phi) is 2.83. The highest BCUT2D eigenvalue weighted by Crippen LogP contribution is 2.05. The SMILES string of the molecule is NCCc1cccc(Br)n1. The lowest BCUT2D eigenvalue weighted by Crippen LogP contribution is -2.03. The summed E-state index contributed by atoms with van der Waals surface area (Å²) in [6.45, 7) is 0.656. The van der Waals surface area contributed by atoms with Gasteiger partial charge in [-0.15, -0.1) is 0 Å². The summed E-state index contributed by atoms with van der Waals surface area (Å²) in [6, 6.07) is 5.83. The summed E-state index contributed by atoms with van der Waals surface area (Å²) in [6.07, 6.45) is 0.847. The summed E-state index contributed by atoms with van der Waals surface area (Å²) in [5.41, 5.74) is 6.39. The van der Waals surface area contributed by atoms with E-state index in [1.807, 2.05) is 18.2 Å². The first-order valence-corrected chi connectivity index (χ1v) is 3.94. The van der Waals surface area contributed by atoms with Gasteiger partial charge in [0.1, 0.15) is 4.60 Å². The van der Waals surface area contributed by atoms with Crippen LogP contribution in [0.15, 0.2) is 22.8 Å². The van der Waals surface area contributed by atoms with Crippen LogP contribution < -0.4 is 5.73 Å². The molecule has 0 amide bonds. The summed E-state index contributed by atoms with van der Waals surface area (Å²) >= 11 is 3.28. The normalized spacial score (nSPS) is 9.80. The molecule has 0 fully saturated rings. The van der Waals surface area contributed by atoms with Crippen LogP contribution in [0.3, 0.4) is 0 Å². The highest BCUT2D eigenvalue weighted by molar-refractivity contribution is 9.10. The summed E-state index contributed by atoms with van der Waals surface area (Å²) in [4.78, 5) is 4.20. The number of hydrogen-bond acceptors (Lipinski definition) is 2. The second-order valence-electron chi connectivity index (χ2n) is 1.99. The van der Waals surface area contributed by atoms with E-state index in [2.05, 4.69) is 20.9 Å². The number of aromatic nitrogens is 1. The second-order valence-corrected chi connectivity index (χ2v) is 2.80. The highest BCUT2D eigenvalue weighted by Gasteiger charge is 1.91. The van der Waals surface area contributed by atoms with E-state index in [4.69, 9.17) is 5.73 Å². The first-order valence-electron chi connectivity index (χ1n) is 3.14. The number of rotatable bonds is 2. The third kappa shape index (κ3) is 2.08. The van der Waals surface area contributed by atoms with Crippen molar-refractivity contribution in [2.75, 3.05) is 6.54 Å². The number of halogens is 1. The number of nitrogens with zero attached hydrogens (tertiary/aromatic N) is 1. The minimum Gasteiger partial charge on any atom is -0.330 e. The van der Waals surface area contributed by atoms with E-state index in [-0.39, 0.29) is 0 Å². The molecule has 0 bridgehead atoms. The lowest BCUT2D eigenvalue weighted by atomic mass is 10.3. The minimum atomic E-state index is 0.656. The molecule has 10 heavy (non-hydrogen) atoms. The van der Waals surface area contributed by atoms with Crippen LogP contribution in [0.4, 0.5) is 0 Å². The van der Waals surface area contributed by atoms with E-state index < -0.39 is 0 Å². The maximum atomic E-state index is 5.36. The zero-order valence-corrected chi connectivity index (χ0v) is 7.13. The van der Waals surface area contributed by atoms with Crippen molar-refractivity contribution in [1.29, 1.82) is 0 Å². The van der Waals surface area contributed by atoms with Gasteiger partial charge in [-0.2, -0.15) is 0 Å². The molecule has 0 atom stereocenters. The van der Waals surface area contributed by atoms with Crippen LogP contribution in [0.25, 0.3) is 0 Å². The molecule has 2 nitrogen and oxygen atoms in total. The first kappa shape index (κ1) is 7.69. The van der Waals surface area contributed by atoms with Gasteiger partial charge >= 0.3 is 0 Å². The van der Waals surface area contributed by atoms with Crippen molar-refractivity contribution in [2.24, 2.45) is 5.73 Å². The fourth-order valence-electron chi connectivity index (χ4n) is 0.737. The van der Waals surface area contributed by atoms with Crippen LogP contribution in [-0.4, -0.2) is 11.5 Å². The lowest BCUT2D eigenvalue weighted by molar-refractivity contribution is 0.917. The third-order valence-corrected chi connectivity index (χ3v) is 1.61. The van der Waals surface area contributed by atoms with Crippen LogP contribution in [0.2, 0.25) is 0 Å². The van der Waals surface area contributed by atoms with Gasteiger partial charge in [-0.3, -0.25) is 0 Å². The fraction of sp³-hybridized carbons (Fsp3) is 0.286. The van der Waals surface area contributed by atoms with E-state index in [0.29, 0.717) is 6.54 Å². The zero-order valence-electron chi connectivity index (χ0n) is 5.55. The molecule has 0 radical (unpaired) electrons. The molecule has 1 aromatic heterocycles. The lowest BCUT2D eigenvalue weighted by Gasteiger charge is -1.96. The Morgan fingerprint density at radius 1 is 1.50 bits per heavy atom. The van der Waals surface area contributed by atoms with Crippen LogP contribution >= 0.6 is 15.9 Å². The number of nitrogens with two attached hydrogens (primary N) is 1. The monoisotopic (exact) mass is 200 g/mol. The first-order chi connectivity index (χ1) is 4.83. The Hall–Kier alpha value is -0.410. The van der Waals surface area contributed by atoms with Gasteiger partial charge in [0, 0.05) is 12.1 Å². The fourth-order valence-corrected chi connectivity index (χ4v) is 1.12. The van der Waals surface area contributed by atoms with E-state index in [9.17, 15) is 0 Å². The Balaban J connectivity index is 2.75. The Labute approximate surface area is 68.6 Å². The van der Waals surface area contributed by atoms with Crippen molar-refractivity contribution in [3.05, 3.63) is 28.5 Å². The summed E-state index contributed by atoms with van der Waals surface area (Å²) in [7, 11) is 0. The van der Waals surface area contributed by atoms with Gasteiger partial charge in [0.25, 0.3) is 0 Å². The second kappa shape index (κ2) is 3.68. The van der Waals surface area contributed by atoms with Crippen molar-refractivity contribution in [2.45, 2.75) is 6.42 Å². The van der Waals surface area contributed by atoms with Gasteiger partial charge in [-0.25, -0.2) is 4.98 Å².